The molecule has 16 nitrogen and oxygen atoms in total. The fourth-order valence-corrected chi connectivity index (χ4v) is 6.52. The molecule has 5 rings (SSSR count). The van der Waals surface area contributed by atoms with Gasteiger partial charge in [-0.3, -0.25) is 24.0 Å². The van der Waals surface area contributed by atoms with E-state index in [9.17, 15) is 33.9 Å². The van der Waals surface area contributed by atoms with Crippen molar-refractivity contribution >= 4 is 35.7 Å². The van der Waals surface area contributed by atoms with E-state index in [1.165, 1.54) is 20.5 Å². The molecular weight excluding hydrogens is 650 g/mol. The number of likely N-dealkylation sites (tertiary alicyclic amines) is 2. The number of piperazine rings is 1. The first kappa shape index (κ1) is 36.1. The number of aromatic nitrogens is 2. The Labute approximate surface area is 290 Å². The Morgan fingerprint density at radius 1 is 0.900 bits per heavy atom. The minimum Gasteiger partial charge on any atom is -0.481 e. The highest BCUT2D eigenvalue weighted by atomic mass is 16.6. The van der Waals surface area contributed by atoms with Crippen LogP contribution in [0.1, 0.15) is 62.9 Å². The van der Waals surface area contributed by atoms with Crippen molar-refractivity contribution in [1.29, 1.82) is 0 Å². The second kappa shape index (κ2) is 16.5. The van der Waals surface area contributed by atoms with E-state index >= 15 is 0 Å². The molecule has 2 N–H and O–H groups in total. The van der Waals surface area contributed by atoms with E-state index in [0.29, 0.717) is 38.2 Å². The molecule has 0 bridgehead atoms. The molecule has 16 heteroatoms. The van der Waals surface area contributed by atoms with Crippen LogP contribution in [0.3, 0.4) is 0 Å². The van der Waals surface area contributed by atoms with E-state index in [0.717, 1.165) is 12.8 Å². The Balaban J connectivity index is 1.31. The average molecular weight is 696 g/mol. The van der Waals surface area contributed by atoms with Crippen LogP contribution >= 0.6 is 0 Å². The van der Waals surface area contributed by atoms with Gasteiger partial charge in [0.15, 0.2) is 11.8 Å². The number of para-hydroxylation sites is 1. The summed E-state index contributed by atoms with van der Waals surface area (Å²) in [6, 6.07) is 8.48. The van der Waals surface area contributed by atoms with Crippen LogP contribution in [0.2, 0.25) is 0 Å². The van der Waals surface area contributed by atoms with E-state index in [-0.39, 0.29) is 69.0 Å². The molecule has 0 spiro atoms. The van der Waals surface area contributed by atoms with Crippen molar-refractivity contribution in [3.8, 4) is 11.6 Å². The Morgan fingerprint density at radius 2 is 1.58 bits per heavy atom. The van der Waals surface area contributed by atoms with Crippen molar-refractivity contribution in [2.75, 3.05) is 52.4 Å². The molecule has 270 valence electrons. The van der Waals surface area contributed by atoms with Gasteiger partial charge < -0.3 is 39.5 Å². The lowest BCUT2D eigenvalue weighted by Crippen LogP contribution is -2.56. The van der Waals surface area contributed by atoms with Gasteiger partial charge in [0, 0.05) is 58.3 Å². The van der Waals surface area contributed by atoms with E-state index < -0.39 is 42.1 Å². The first-order valence-corrected chi connectivity index (χ1v) is 17.2. The molecule has 5 amide bonds. The Hall–Kier alpha value is -5.15. The zero-order chi connectivity index (χ0) is 35.8. The Kier molecular flexibility index (Phi) is 11.9. The number of carbonyl (C=O) groups is 6. The Bertz CT molecular complexity index is 1550. The third-order valence-electron chi connectivity index (χ3n) is 9.16. The molecule has 50 heavy (non-hydrogen) atoms. The van der Waals surface area contributed by atoms with Crippen LogP contribution in [0.25, 0.3) is 5.69 Å². The van der Waals surface area contributed by atoms with Crippen LogP contribution in [-0.4, -0.2) is 141 Å². The van der Waals surface area contributed by atoms with E-state index in [4.69, 9.17) is 9.47 Å². The van der Waals surface area contributed by atoms with Crippen molar-refractivity contribution in [3.63, 3.8) is 0 Å². The van der Waals surface area contributed by atoms with Crippen molar-refractivity contribution in [3.05, 3.63) is 42.1 Å². The largest absolute Gasteiger partial charge is 0.481 e. The van der Waals surface area contributed by atoms with Crippen molar-refractivity contribution in [1.82, 2.24) is 34.7 Å². The predicted molar refractivity (Wildman–Crippen MR) is 178 cm³/mol. The van der Waals surface area contributed by atoms with Crippen LogP contribution in [0, 0.1) is 0 Å². The van der Waals surface area contributed by atoms with Crippen LogP contribution < -0.4 is 10.1 Å². The molecule has 3 aliphatic rings. The number of carboxylic acid groups (broad SMARTS) is 1. The molecule has 3 atom stereocenters. The summed E-state index contributed by atoms with van der Waals surface area (Å²) in [6.45, 7) is 6.17. The molecule has 1 aromatic carbocycles. The SMILES string of the molecule is CCOC(=O)N1CCN(C(=O)C(CCC(=O)O)NC(=O)c2cc(O[C@H](C)C(=O)N3CCCC3C(=O)N3CCCC3)n(-c3ccccc3)n2)CC1. The number of carbonyl (C=O) groups excluding carboxylic acids is 5. The highest BCUT2D eigenvalue weighted by Crippen LogP contribution is 2.26. The van der Waals surface area contributed by atoms with E-state index in [2.05, 4.69) is 10.4 Å². The summed E-state index contributed by atoms with van der Waals surface area (Å²) in [4.78, 5) is 83.9. The zero-order valence-corrected chi connectivity index (χ0v) is 28.5. The van der Waals surface area contributed by atoms with Crippen LogP contribution in [0.5, 0.6) is 5.88 Å². The summed E-state index contributed by atoms with van der Waals surface area (Å²) in [7, 11) is 0. The first-order chi connectivity index (χ1) is 24.1. The minimum absolute atomic E-state index is 0.0401. The van der Waals surface area contributed by atoms with Gasteiger partial charge in [0.25, 0.3) is 11.8 Å². The third-order valence-corrected chi connectivity index (χ3v) is 9.16. The number of nitrogens with zero attached hydrogens (tertiary/aromatic N) is 6. The van der Waals surface area contributed by atoms with Crippen LogP contribution in [-0.2, 0) is 23.9 Å². The van der Waals surface area contributed by atoms with Crippen molar-refractivity contribution < 1.29 is 43.3 Å². The summed E-state index contributed by atoms with van der Waals surface area (Å²) < 4.78 is 12.6. The number of carboxylic acids is 1. The number of amides is 5. The van der Waals surface area contributed by atoms with Gasteiger partial charge >= 0.3 is 12.1 Å². The monoisotopic (exact) mass is 695 g/mol. The number of hydrogen-bond donors (Lipinski definition) is 2. The number of hydrogen-bond acceptors (Lipinski definition) is 9. The molecule has 3 saturated heterocycles. The van der Waals surface area contributed by atoms with E-state index in [1.807, 2.05) is 11.0 Å². The van der Waals surface area contributed by atoms with Crippen molar-refractivity contribution in [2.24, 2.45) is 0 Å². The molecule has 0 aliphatic carbocycles. The standard InChI is InChI=1S/C34H45N7O9/c1-3-49-34(48)39-20-18-38(19-21-39)32(46)25(13-14-29(42)43)35-30(44)26-22-28(41(36-26)24-10-5-4-6-11-24)50-23(2)31(45)40-17-9-12-27(40)33(47)37-15-7-8-16-37/h4-6,10-11,22-23,25,27H,3,7-9,12-21H2,1-2H3,(H,35,44)(H,42,43)/t23-,25?,27?/m1/s1. The minimum atomic E-state index is -1.18. The van der Waals surface area contributed by atoms with Gasteiger partial charge in [0.05, 0.1) is 12.3 Å². The van der Waals surface area contributed by atoms with Gasteiger partial charge in [-0.1, -0.05) is 18.2 Å². The molecule has 0 saturated carbocycles. The van der Waals surface area contributed by atoms with Crippen molar-refractivity contribution in [2.45, 2.75) is 70.6 Å². The second-order valence-corrected chi connectivity index (χ2v) is 12.6. The van der Waals surface area contributed by atoms with Gasteiger partial charge in [-0.05, 0) is 58.1 Å². The molecule has 2 unspecified atom stereocenters. The highest BCUT2D eigenvalue weighted by molar-refractivity contribution is 5.96. The van der Waals surface area contributed by atoms with Crippen LogP contribution in [0.4, 0.5) is 4.79 Å². The molecular formula is C34H45N7O9. The zero-order valence-electron chi connectivity index (χ0n) is 28.5. The summed E-state index contributed by atoms with van der Waals surface area (Å²) >= 11 is 0. The lowest BCUT2D eigenvalue weighted by Gasteiger charge is -2.35. The first-order valence-electron chi connectivity index (χ1n) is 17.2. The fraction of sp³-hybridized carbons (Fsp3) is 0.559. The topological polar surface area (TPSA) is 184 Å². The molecule has 3 fully saturated rings. The number of rotatable bonds is 12. The summed E-state index contributed by atoms with van der Waals surface area (Å²) in [5, 5.41) is 16.4. The van der Waals surface area contributed by atoms with E-state index in [1.54, 1.807) is 43.0 Å². The molecule has 0 radical (unpaired) electrons. The number of benzene rings is 1. The lowest BCUT2D eigenvalue weighted by molar-refractivity contribution is -0.147. The fourth-order valence-electron chi connectivity index (χ4n) is 6.52. The summed E-state index contributed by atoms with van der Waals surface area (Å²) in [6.07, 6.45) is 1.16. The highest BCUT2D eigenvalue weighted by Gasteiger charge is 2.39. The van der Waals surface area contributed by atoms with Gasteiger partial charge in [-0.25, -0.2) is 9.48 Å². The molecule has 3 aliphatic heterocycles. The van der Waals surface area contributed by atoms with Gasteiger partial charge in [-0.2, -0.15) is 5.10 Å². The number of nitrogens with one attached hydrogen (secondary N) is 1. The smallest absolute Gasteiger partial charge is 0.409 e. The molecule has 2 aromatic rings. The number of aliphatic carboxylic acids is 1. The van der Waals surface area contributed by atoms with Crippen LogP contribution in [0.15, 0.2) is 36.4 Å². The third kappa shape index (κ3) is 8.52. The predicted octanol–water partition coefficient (Wildman–Crippen LogP) is 1.52. The molecule has 1 aromatic heterocycles. The average Bonchev–Trinajstić information content (AvgIpc) is 3.92. The summed E-state index contributed by atoms with van der Waals surface area (Å²) in [5.41, 5.74) is 0.425. The number of ether oxygens (including phenoxy) is 2. The molecule has 4 heterocycles. The van der Waals surface area contributed by atoms with Gasteiger partial charge in [0.2, 0.25) is 17.7 Å². The van der Waals surface area contributed by atoms with Gasteiger partial charge in [-0.15, -0.1) is 0 Å². The normalized spacial score (nSPS) is 18.8. The summed E-state index contributed by atoms with van der Waals surface area (Å²) in [5.74, 6) is -2.66. The lowest BCUT2D eigenvalue weighted by atomic mass is 10.1. The van der Waals surface area contributed by atoms with Gasteiger partial charge in [0.1, 0.15) is 12.1 Å². The maximum Gasteiger partial charge on any atom is 0.409 e. The maximum atomic E-state index is 13.7. The Morgan fingerprint density at radius 3 is 2.24 bits per heavy atom. The second-order valence-electron chi connectivity index (χ2n) is 12.6. The maximum absolute atomic E-state index is 13.7. The quantitative estimate of drug-likeness (QED) is 0.330.